The lowest BCUT2D eigenvalue weighted by atomic mass is 10.1. The zero-order valence-corrected chi connectivity index (χ0v) is 12.5. The van der Waals surface area contributed by atoms with Gasteiger partial charge in [0, 0.05) is 15.7 Å². The number of benzene rings is 1. The van der Waals surface area contributed by atoms with E-state index in [1.54, 1.807) is 12.1 Å². The van der Waals surface area contributed by atoms with E-state index < -0.39 is 0 Å². The first-order valence-corrected chi connectivity index (χ1v) is 7.29. The van der Waals surface area contributed by atoms with E-state index in [2.05, 4.69) is 10.2 Å². The fourth-order valence-corrected chi connectivity index (χ4v) is 2.73. The molecule has 0 spiro atoms. The van der Waals surface area contributed by atoms with Gasteiger partial charge < -0.3 is 5.32 Å². The molecule has 19 heavy (non-hydrogen) atoms. The van der Waals surface area contributed by atoms with E-state index in [1.165, 1.54) is 19.3 Å². The van der Waals surface area contributed by atoms with Crippen molar-refractivity contribution in [3.8, 4) is 0 Å². The monoisotopic (exact) mass is 300 g/mol. The molecule has 1 amide bonds. The van der Waals surface area contributed by atoms with Crippen LogP contribution in [0.5, 0.6) is 0 Å². The highest BCUT2D eigenvalue weighted by molar-refractivity contribution is 6.36. The van der Waals surface area contributed by atoms with Crippen molar-refractivity contribution < 1.29 is 4.79 Å². The van der Waals surface area contributed by atoms with E-state index in [0.29, 0.717) is 22.3 Å². The largest absolute Gasteiger partial charge is 0.325 e. The number of amides is 1. The van der Waals surface area contributed by atoms with Gasteiger partial charge in [-0.2, -0.15) is 0 Å². The number of hydrogen-bond acceptors (Lipinski definition) is 2. The summed E-state index contributed by atoms with van der Waals surface area (Å²) >= 11 is 12.1. The molecule has 0 saturated carbocycles. The number of piperidine rings is 1. The zero-order chi connectivity index (χ0) is 13.8. The van der Waals surface area contributed by atoms with Crippen molar-refractivity contribution in [3.05, 3.63) is 27.7 Å². The smallest absolute Gasteiger partial charge is 0.238 e. The molecule has 1 aliphatic heterocycles. The molecule has 0 aliphatic carbocycles. The number of carbonyl (C=O) groups excluding carboxylic acids is 1. The van der Waals surface area contributed by atoms with Gasteiger partial charge in [-0.1, -0.05) is 29.6 Å². The van der Waals surface area contributed by atoms with E-state index in [4.69, 9.17) is 23.2 Å². The van der Waals surface area contributed by atoms with E-state index in [1.807, 2.05) is 6.92 Å². The Balaban J connectivity index is 1.94. The summed E-state index contributed by atoms with van der Waals surface area (Å²) in [5.74, 6) is -0.0158. The van der Waals surface area contributed by atoms with Crippen LogP contribution in [0, 0.1) is 6.92 Å². The second kappa shape index (κ2) is 6.60. The van der Waals surface area contributed by atoms with Gasteiger partial charge in [-0.25, -0.2) is 0 Å². The van der Waals surface area contributed by atoms with Crippen molar-refractivity contribution in [1.29, 1.82) is 0 Å². The third-order valence-corrected chi connectivity index (χ3v) is 4.17. The molecular formula is C14H18Cl2N2O. The maximum atomic E-state index is 11.9. The second-order valence-corrected chi connectivity index (χ2v) is 5.76. The minimum Gasteiger partial charge on any atom is -0.325 e. The molecule has 1 aromatic rings. The number of halogens is 2. The Morgan fingerprint density at radius 1 is 1.21 bits per heavy atom. The molecule has 3 nitrogen and oxygen atoms in total. The predicted molar refractivity (Wildman–Crippen MR) is 80.1 cm³/mol. The van der Waals surface area contributed by atoms with Crippen LogP contribution < -0.4 is 5.32 Å². The number of carbonyl (C=O) groups is 1. The quantitative estimate of drug-likeness (QED) is 0.922. The van der Waals surface area contributed by atoms with Crippen LogP contribution in [0.4, 0.5) is 5.69 Å². The minimum atomic E-state index is -0.0158. The number of rotatable bonds is 3. The van der Waals surface area contributed by atoms with Gasteiger partial charge in [0.05, 0.1) is 6.54 Å². The van der Waals surface area contributed by atoms with Crippen molar-refractivity contribution in [1.82, 2.24) is 4.90 Å². The first-order chi connectivity index (χ1) is 9.06. The molecule has 104 valence electrons. The first kappa shape index (κ1) is 14.6. The van der Waals surface area contributed by atoms with Crippen LogP contribution in [0.15, 0.2) is 12.1 Å². The Morgan fingerprint density at radius 2 is 1.79 bits per heavy atom. The molecule has 2 rings (SSSR count). The second-order valence-electron chi connectivity index (χ2n) is 4.95. The maximum absolute atomic E-state index is 11.9. The number of nitrogens with one attached hydrogen (secondary N) is 1. The Morgan fingerprint density at radius 3 is 2.37 bits per heavy atom. The van der Waals surface area contributed by atoms with Gasteiger partial charge in [-0.15, -0.1) is 0 Å². The molecule has 1 heterocycles. The first-order valence-electron chi connectivity index (χ1n) is 6.54. The summed E-state index contributed by atoms with van der Waals surface area (Å²) in [5, 5.41) is 3.99. The minimum absolute atomic E-state index is 0.0158. The van der Waals surface area contributed by atoms with Gasteiger partial charge in [0.2, 0.25) is 5.91 Å². The summed E-state index contributed by atoms with van der Waals surface area (Å²) < 4.78 is 0. The summed E-state index contributed by atoms with van der Waals surface area (Å²) in [6, 6.07) is 3.47. The Kier molecular flexibility index (Phi) is 5.08. The number of likely N-dealkylation sites (tertiary alicyclic amines) is 1. The van der Waals surface area contributed by atoms with Gasteiger partial charge in [-0.05, 0) is 50.6 Å². The highest BCUT2D eigenvalue weighted by Crippen LogP contribution is 2.28. The molecule has 1 aliphatic rings. The lowest BCUT2D eigenvalue weighted by Crippen LogP contribution is -2.36. The summed E-state index contributed by atoms with van der Waals surface area (Å²) in [5.41, 5.74) is 1.49. The molecule has 0 radical (unpaired) electrons. The average molecular weight is 301 g/mol. The summed E-state index contributed by atoms with van der Waals surface area (Å²) in [7, 11) is 0. The predicted octanol–water partition coefficient (Wildman–Crippen LogP) is 3.73. The average Bonchev–Trinajstić information content (AvgIpc) is 2.37. The summed E-state index contributed by atoms with van der Waals surface area (Å²) in [6.07, 6.45) is 3.62. The molecule has 1 N–H and O–H groups in total. The Hall–Kier alpha value is -0.770. The van der Waals surface area contributed by atoms with Crippen LogP contribution in [0.1, 0.15) is 24.8 Å². The van der Waals surface area contributed by atoms with Crippen molar-refractivity contribution in [2.45, 2.75) is 26.2 Å². The molecule has 1 aromatic carbocycles. The van der Waals surface area contributed by atoms with E-state index in [-0.39, 0.29) is 5.91 Å². The molecular weight excluding hydrogens is 283 g/mol. The van der Waals surface area contributed by atoms with Crippen molar-refractivity contribution >= 4 is 34.8 Å². The molecule has 0 unspecified atom stereocenters. The van der Waals surface area contributed by atoms with Crippen LogP contribution in [-0.2, 0) is 4.79 Å². The fourth-order valence-electron chi connectivity index (χ4n) is 2.24. The van der Waals surface area contributed by atoms with Crippen molar-refractivity contribution in [2.24, 2.45) is 0 Å². The fraction of sp³-hybridized carbons (Fsp3) is 0.500. The van der Waals surface area contributed by atoms with E-state index >= 15 is 0 Å². The molecule has 0 aromatic heterocycles. The van der Waals surface area contributed by atoms with Gasteiger partial charge in [0.15, 0.2) is 0 Å². The van der Waals surface area contributed by atoms with Gasteiger partial charge >= 0.3 is 0 Å². The van der Waals surface area contributed by atoms with Crippen molar-refractivity contribution in [3.63, 3.8) is 0 Å². The van der Waals surface area contributed by atoms with E-state index in [0.717, 1.165) is 18.7 Å². The van der Waals surface area contributed by atoms with E-state index in [9.17, 15) is 4.79 Å². The topological polar surface area (TPSA) is 32.3 Å². The maximum Gasteiger partial charge on any atom is 0.238 e. The van der Waals surface area contributed by atoms with Crippen LogP contribution in [0.3, 0.4) is 0 Å². The summed E-state index contributed by atoms with van der Waals surface area (Å²) in [4.78, 5) is 14.1. The van der Waals surface area contributed by atoms with Gasteiger partial charge in [-0.3, -0.25) is 9.69 Å². The standard InChI is InChI=1S/C14H18Cl2N2O/c1-10-12(15)7-11(8-13(10)16)17-14(19)9-18-5-3-2-4-6-18/h7-8H,2-6,9H2,1H3,(H,17,19). The Bertz CT molecular complexity index is 448. The van der Waals surface area contributed by atoms with Crippen LogP contribution >= 0.6 is 23.2 Å². The van der Waals surface area contributed by atoms with Crippen LogP contribution in [-0.4, -0.2) is 30.4 Å². The van der Waals surface area contributed by atoms with Crippen molar-refractivity contribution in [2.75, 3.05) is 25.0 Å². The van der Waals surface area contributed by atoms with Crippen LogP contribution in [0.2, 0.25) is 10.0 Å². The Labute approximate surface area is 123 Å². The molecule has 0 bridgehead atoms. The third kappa shape index (κ3) is 4.10. The molecule has 5 heteroatoms. The SMILES string of the molecule is Cc1c(Cl)cc(NC(=O)CN2CCCCC2)cc1Cl. The highest BCUT2D eigenvalue weighted by Gasteiger charge is 2.14. The molecule has 0 atom stereocenters. The normalized spacial score (nSPS) is 16.4. The number of anilines is 1. The highest BCUT2D eigenvalue weighted by atomic mass is 35.5. The molecule has 1 fully saturated rings. The number of nitrogens with zero attached hydrogens (tertiary/aromatic N) is 1. The number of hydrogen-bond donors (Lipinski definition) is 1. The van der Waals surface area contributed by atoms with Gasteiger partial charge in [0.25, 0.3) is 0 Å². The lowest BCUT2D eigenvalue weighted by molar-refractivity contribution is -0.117. The molecule has 1 saturated heterocycles. The zero-order valence-electron chi connectivity index (χ0n) is 11.0. The lowest BCUT2D eigenvalue weighted by Gasteiger charge is -2.25. The third-order valence-electron chi connectivity index (χ3n) is 3.38. The van der Waals surface area contributed by atoms with Gasteiger partial charge in [0.1, 0.15) is 0 Å². The summed E-state index contributed by atoms with van der Waals surface area (Å²) in [6.45, 7) is 4.29. The van der Waals surface area contributed by atoms with Crippen LogP contribution in [0.25, 0.3) is 0 Å².